The molecular weight excluding hydrogens is 359 g/mol. The van der Waals surface area contributed by atoms with Crippen molar-refractivity contribution in [1.82, 2.24) is 9.97 Å². The van der Waals surface area contributed by atoms with Crippen LogP contribution in [0.5, 0.6) is 5.75 Å². The summed E-state index contributed by atoms with van der Waals surface area (Å²) in [5.74, 6) is 1.80. The van der Waals surface area contributed by atoms with Gasteiger partial charge in [-0.25, -0.2) is 4.98 Å². The number of aryl methyl sites for hydroxylation is 1. The Balaban J connectivity index is 1.83. The lowest BCUT2D eigenvalue weighted by Crippen LogP contribution is -2.01. The van der Waals surface area contributed by atoms with Crippen LogP contribution in [0.3, 0.4) is 0 Å². The van der Waals surface area contributed by atoms with Crippen molar-refractivity contribution in [3.05, 3.63) is 64.3 Å². The predicted molar refractivity (Wildman–Crippen MR) is 103 cm³/mol. The van der Waals surface area contributed by atoms with Crippen molar-refractivity contribution >= 4 is 46.3 Å². The predicted octanol–water partition coefficient (Wildman–Crippen LogP) is 5.59. The van der Waals surface area contributed by atoms with Crippen LogP contribution in [-0.4, -0.2) is 17.1 Å². The van der Waals surface area contributed by atoms with E-state index in [0.29, 0.717) is 27.5 Å². The summed E-state index contributed by atoms with van der Waals surface area (Å²) in [6.07, 6.45) is 1.66. The van der Waals surface area contributed by atoms with Crippen molar-refractivity contribution in [3.63, 3.8) is 0 Å². The second-order valence-electron chi connectivity index (χ2n) is 5.38. The molecule has 1 heterocycles. The third-order valence-corrected chi connectivity index (χ3v) is 3.83. The summed E-state index contributed by atoms with van der Waals surface area (Å²) in [6, 6.07) is 12.8. The van der Waals surface area contributed by atoms with Crippen LogP contribution in [0.25, 0.3) is 0 Å². The molecule has 128 valence electrons. The third kappa shape index (κ3) is 4.53. The normalized spacial score (nSPS) is 10.4. The molecule has 0 saturated heterocycles. The molecule has 25 heavy (non-hydrogen) atoms. The highest BCUT2D eigenvalue weighted by molar-refractivity contribution is 6.35. The Morgan fingerprint density at radius 3 is 2.44 bits per heavy atom. The molecule has 0 atom stereocenters. The summed E-state index contributed by atoms with van der Waals surface area (Å²) in [5, 5.41) is 7.41. The maximum Gasteiger partial charge on any atom is 0.229 e. The van der Waals surface area contributed by atoms with Gasteiger partial charge in [-0.3, -0.25) is 0 Å². The zero-order chi connectivity index (χ0) is 17.8. The summed E-state index contributed by atoms with van der Waals surface area (Å²) < 4.78 is 5.37. The van der Waals surface area contributed by atoms with E-state index < -0.39 is 0 Å². The van der Waals surface area contributed by atoms with E-state index >= 15 is 0 Å². The number of anilines is 4. The molecular formula is C18H16Cl2N4O. The summed E-state index contributed by atoms with van der Waals surface area (Å²) in [6.45, 7) is 2.01. The molecule has 2 N–H and O–H groups in total. The van der Waals surface area contributed by atoms with Gasteiger partial charge in [-0.1, -0.05) is 29.3 Å². The number of nitrogens with zero attached hydrogens (tertiary/aromatic N) is 2. The molecule has 3 rings (SSSR count). The number of methoxy groups -OCH3 is 1. The molecule has 0 aliphatic carbocycles. The van der Waals surface area contributed by atoms with Gasteiger partial charge in [0.1, 0.15) is 11.6 Å². The topological polar surface area (TPSA) is 59.1 Å². The first kappa shape index (κ1) is 17.3. The van der Waals surface area contributed by atoms with Crippen molar-refractivity contribution in [2.24, 2.45) is 0 Å². The van der Waals surface area contributed by atoms with Crippen LogP contribution in [0.2, 0.25) is 10.0 Å². The number of halogens is 2. The fourth-order valence-corrected chi connectivity index (χ4v) is 2.83. The van der Waals surface area contributed by atoms with Gasteiger partial charge in [0.25, 0.3) is 0 Å². The second-order valence-corrected chi connectivity index (χ2v) is 6.25. The Bertz CT molecular complexity index is 882. The lowest BCUT2D eigenvalue weighted by molar-refractivity contribution is 0.416. The van der Waals surface area contributed by atoms with Crippen LogP contribution in [0.1, 0.15) is 5.56 Å². The minimum Gasteiger partial charge on any atom is -0.495 e. The quantitative estimate of drug-likeness (QED) is 0.609. The number of nitrogens with one attached hydrogen (secondary N) is 2. The van der Waals surface area contributed by atoms with E-state index in [2.05, 4.69) is 20.6 Å². The molecule has 0 saturated carbocycles. The van der Waals surface area contributed by atoms with Crippen molar-refractivity contribution in [2.75, 3.05) is 17.7 Å². The standard InChI is InChI=1S/C18H16Cl2N4O/c1-11-3-4-16(25-2)15(7-11)23-17-5-6-21-18(24-17)22-14-9-12(19)8-13(20)10-14/h3-10H,1-2H3,(H2,21,22,23,24). The average molecular weight is 375 g/mol. The molecule has 0 aliphatic rings. The van der Waals surface area contributed by atoms with Gasteiger partial charge in [0.05, 0.1) is 12.8 Å². The Kier molecular flexibility index (Phi) is 5.26. The van der Waals surface area contributed by atoms with E-state index in [1.807, 2.05) is 25.1 Å². The monoisotopic (exact) mass is 374 g/mol. The highest BCUT2D eigenvalue weighted by Gasteiger charge is 2.06. The minimum absolute atomic E-state index is 0.426. The molecule has 0 amide bonds. The smallest absolute Gasteiger partial charge is 0.229 e. The van der Waals surface area contributed by atoms with Gasteiger partial charge in [-0.05, 0) is 48.9 Å². The van der Waals surface area contributed by atoms with Crippen LogP contribution < -0.4 is 15.4 Å². The third-order valence-electron chi connectivity index (χ3n) is 3.39. The van der Waals surface area contributed by atoms with Crippen molar-refractivity contribution < 1.29 is 4.74 Å². The molecule has 0 aliphatic heterocycles. The van der Waals surface area contributed by atoms with Gasteiger partial charge in [0, 0.05) is 21.9 Å². The lowest BCUT2D eigenvalue weighted by Gasteiger charge is -2.12. The molecule has 0 spiro atoms. The fraction of sp³-hybridized carbons (Fsp3) is 0.111. The highest BCUT2D eigenvalue weighted by atomic mass is 35.5. The molecule has 7 heteroatoms. The Morgan fingerprint density at radius 2 is 1.72 bits per heavy atom. The number of rotatable bonds is 5. The van der Waals surface area contributed by atoms with E-state index in [-0.39, 0.29) is 0 Å². The number of hydrogen-bond acceptors (Lipinski definition) is 5. The number of benzene rings is 2. The highest BCUT2D eigenvalue weighted by Crippen LogP contribution is 2.29. The van der Waals surface area contributed by atoms with Gasteiger partial charge in [0.2, 0.25) is 5.95 Å². The molecule has 0 fully saturated rings. The largest absolute Gasteiger partial charge is 0.495 e. The molecule has 3 aromatic rings. The zero-order valence-electron chi connectivity index (χ0n) is 13.7. The number of hydrogen-bond donors (Lipinski definition) is 2. The molecule has 5 nitrogen and oxygen atoms in total. The minimum atomic E-state index is 0.426. The summed E-state index contributed by atoms with van der Waals surface area (Å²) in [5.41, 5.74) is 2.66. The number of ether oxygens (including phenoxy) is 1. The van der Waals surface area contributed by atoms with Crippen LogP contribution in [0, 0.1) is 6.92 Å². The van der Waals surface area contributed by atoms with Crippen molar-refractivity contribution in [3.8, 4) is 5.75 Å². The zero-order valence-corrected chi connectivity index (χ0v) is 15.2. The summed E-state index contributed by atoms with van der Waals surface area (Å²) >= 11 is 12.0. The van der Waals surface area contributed by atoms with Crippen LogP contribution in [0.15, 0.2) is 48.7 Å². The van der Waals surface area contributed by atoms with E-state index in [1.165, 1.54) is 0 Å². The van der Waals surface area contributed by atoms with Gasteiger partial charge in [-0.2, -0.15) is 4.98 Å². The first-order valence-corrected chi connectivity index (χ1v) is 8.27. The molecule has 1 aromatic heterocycles. The number of aromatic nitrogens is 2. The van der Waals surface area contributed by atoms with Gasteiger partial charge < -0.3 is 15.4 Å². The van der Waals surface area contributed by atoms with E-state index in [0.717, 1.165) is 17.0 Å². The Morgan fingerprint density at radius 1 is 0.960 bits per heavy atom. The molecule has 0 radical (unpaired) electrons. The summed E-state index contributed by atoms with van der Waals surface area (Å²) in [4.78, 5) is 8.67. The first-order chi connectivity index (χ1) is 12.0. The van der Waals surface area contributed by atoms with Crippen LogP contribution >= 0.6 is 23.2 Å². The molecule has 0 bridgehead atoms. The average Bonchev–Trinajstić information content (AvgIpc) is 2.54. The second kappa shape index (κ2) is 7.59. The SMILES string of the molecule is COc1ccc(C)cc1Nc1ccnc(Nc2cc(Cl)cc(Cl)c2)n1. The first-order valence-electron chi connectivity index (χ1n) is 7.51. The van der Waals surface area contributed by atoms with Crippen molar-refractivity contribution in [1.29, 1.82) is 0 Å². The molecule has 0 unspecified atom stereocenters. The maximum atomic E-state index is 6.01. The fourth-order valence-electron chi connectivity index (χ4n) is 2.30. The van der Waals surface area contributed by atoms with Crippen LogP contribution in [0.4, 0.5) is 23.1 Å². The van der Waals surface area contributed by atoms with Gasteiger partial charge in [0.15, 0.2) is 0 Å². The Labute approximate surface area is 156 Å². The van der Waals surface area contributed by atoms with Crippen LogP contribution in [-0.2, 0) is 0 Å². The molecule has 2 aromatic carbocycles. The van der Waals surface area contributed by atoms with E-state index in [1.54, 1.807) is 37.6 Å². The lowest BCUT2D eigenvalue weighted by atomic mass is 10.2. The van der Waals surface area contributed by atoms with E-state index in [4.69, 9.17) is 27.9 Å². The Hall–Kier alpha value is -2.50. The van der Waals surface area contributed by atoms with E-state index in [9.17, 15) is 0 Å². The van der Waals surface area contributed by atoms with Gasteiger partial charge >= 0.3 is 0 Å². The van der Waals surface area contributed by atoms with Gasteiger partial charge in [-0.15, -0.1) is 0 Å². The maximum absolute atomic E-state index is 6.01. The van der Waals surface area contributed by atoms with Crippen molar-refractivity contribution in [2.45, 2.75) is 6.92 Å². The summed E-state index contributed by atoms with van der Waals surface area (Å²) in [7, 11) is 1.63.